The van der Waals surface area contributed by atoms with Crippen LogP contribution in [0.25, 0.3) is 0 Å². The van der Waals surface area contributed by atoms with E-state index in [0.717, 1.165) is 14.7 Å². The lowest BCUT2D eigenvalue weighted by atomic mass is 9.85. The van der Waals surface area contributed by atoms with E-state index in [4.69, 9.17) is 0 Å². The quantitative estimate of drug-likeness (QED) is 0.807. The van der Waals surface area contributed by atoms with E-state index >= 15 is 0 Å². The highest BCUT2D eigenvalue weighted by atomic mass is 127. The Labute approximate surface area is 120 Å². The number of benzene rings is 2. The van der Waals surface area contributed by atoms with Gasteiger partial charge in [0.15, 0.2) is 0 Å². The topological polar surface area (TPSA) is 20.2 Å². The molecule has 0 amide bonds. The van der Waals surface area contributed by atoms with Crippen LogP contribution < -0.4 is 0 Å². The summed E-state index contributed by atoms with van der Waals surface area (Å²) >= 11 is 2.21. The zero-order chi connectivity index (χ0) is 13.3. The minimum atomic E-state index is -1.18. The molecule has 0 aliphatic carbocycles. The molecule has 18 heavy (non-hydrogen) atoms. The van der Waals surface area contributed by atoms with Gasteiger partial charge in [-0.2, -0.15) is 0 Å². The molecule has 0 spiro atoms. The summed E-state index contributed by atoms with van der Waals surface area (Å²) in [5.74, 6) is -0.332. The van der Waals surface area contributed by atoms with Crippen LogP contribution in [0.1, 0.15) is 23.6 Å². The van der Waals surface area contributed by atoms with Crippen LogP contribution in [0.2, 0.25) is 0 Å². The second-order valence-corrected chi connectivity index (χ2v) is 5.78. The summed E-state index contributed by atoms with van der Waals surface area (Å²) in [6.45, 7) is 3.56. The van der Waals surface area contributed by atoms with Gasteiger partial charge in [-0.15, -0.1) is 0 Å². The van der Waals surface area contributed by atoms with Crippen molar-refractivity contribution >= 4 is 22.6 Å². The van der Waals surface area contributed by atoms with Crippen molar-refractivity contribution in [2.45, 2.75) is 19.4 Å². The molecule has 0 aromatic heterocycles. The van der Waals surface area contributed by atoms with Crippen molar-refractivity contribution in [3.63, 3.8) is 0 Å². The minimum Gasteiger partial charge on any atom is -0.381 e. The van der Waals surface area contributed by atoms with Crippen molar-refractivity contribution in [3.8, 4) is 0 Å². The molecule has 0 fully saturated rings. The van der Waals surface area contributed by atoms with Gasteiger partial charge in [0.25, 0.3) is 0 Å². The fraction of sp³-hybridized carbons (Fsp3) is 0.200. The van der Waals surface area contributed by atoms with Gasteiger partial charge in [-0.05, 0) is 77.4 Å². The van der Waals surface area contributed by atoms with Crippen molar-refractivity contribution in [2.75, 3.05) is 0 Å². The van der Waals surface area contributed by atoms with Crippen LogP contribution in [0.15, 0.2) is 42.5 Å². The third-order valence-corrected chi connectivity index (χ3v) is 3.85. The van der Waals surface area contributed by atoms with Crippen molar-refractivity contribution in [1.82, 2.24) is 0 Å². The zero-order valence-electron chi connectivity index (χ0n) is 10.2. The molecule has 0 bridgehead atoms. The van der Waals surface area contributed by atoms with E-state index in [9.17, 15) is 9.50 Å². The lowest BCUT2D eigenvalue weighted by Crippen LogP contribution is -2.24. The van der Waals surface area contributed by atoms with Crippen molar-refractivity contribution in [1.29, 1.82) is 0 Å². The largest absolute Gasteiger partial charge is 0.381 e. The summed E-state index contributed by atoms with van der Waals surface area (Å²) in [7, 11) is 0. The maximum atomic E-state index is 13.3. The smallest absolute Gasteiger partial charge is 0.123 e. The Balaban J connectivity index is 2.53. The molecule has 2 aromatic rings. The van der Waals surface area contributed by atoms with Crippen LogP contribution in [0.3, 0.4) is 0 Å². The Morgan fingerprint density at radius 1 is 1.11 bits per heavy atom. The molecule has 1 nitrogen and oxygen atoms in total. The van der Waals surface area contributed by atoms with E-state index in [2.05, 4.69) is 22.6 Å². The summed E-state index contributed by atoms with van der Waals surface area (Å²) in [4.78, 5) is 0. The summed E-state index contributed by atoms with van der Waals surface area (Å²) in [6.07, 6.45) is 0. The summed E-state index contributed by atoms with van der Waals surface area (Å²) in [6, 6.07) is 12.1. The number of aliphatic hydroxyl groups is 1. The Morgan fingerprint density at radius 2 is 1.72 bits per heavy atom. The SMILES string of the molecule is Cc1ccc(F)cc1C(C)(O)c1ccc(I)cc1. The first-order chi connectivity index (χ1) is 8.41. The van der Waals surface area contributed by atoms with Crippen molar-refractivity contribution in [3.05, 3.63) is 68.5 Å². The molecule has 0 radical (unpaired) electrons. The van der Waals surface area contributed by atoms with E-state index in [1.54, 1.807) is 13.0 Å². The van der Waals surface area contributed by atoms with Crippen molar-refractivity contribution < 1.29 is 9.50 Å². The van der Waals surface area contributed by atoms with Gasteiger partial charge in [-0.1, -0.05) is 18.2 Å². The zero-order valence-corrected chi connectivity index (χ0v) is 12.4. The normalized spacial score (nSPS) is 14.3. The van der Waals surface area contributed by atoms with Gasteiger partial charge < -0.3 is 5.11 Å². The molecule has 2 rings (SSSR count). The van der Waals surface area contributed by atoms with Gasteiger partial charge >= 0.3 is 0 Å². The van der Waals surface area contributed by atoms with Crippen LogP contribution in [-0.4, -0.2) is 5.11 Å². The molecule has 2 aromatic carbocycles. The molecule has 3 heteroatoms. The van der Waals surface area contributed by atoms with E-state index in [1.807, 2.05) is 31.2 Å². The first kappa shape index (κ1) is 13.5. The summed E-state index contributed by atoms with van der Waals surface area (Å²) in [5, 5.41) is 10.7. The van der Waals surface area contributed by atoms with Crippen LogP contribution in [0, 0.1) is 16.3 Å². The van der Waals surface area contributed by atoms with Crippen molar-refractivity contribution in [2.24, 2.45) is 0 Å². The number of rotatable bonds is 2. The average molecular weight is 356 g/mol. The fourth-order valence-electron chi connectivity index (χ4n) is 2.05. The standard InChI is InChI=1S/C15H14FIO/c1-10-3-6-12(16)9-14(10)15(2,18)11-4-7-13(17)8-5-11/h3-9,18H,1-2H3. The third-order valence-electron chi connectivity index (χ3n) is 3.13. The summed E-state index contributed by atoms with van der Waals surface area (Å²) < 4.78 is 14.4. The van der Waals surface area contributed by atoms with Gasteiger partial charge in [-0.3, -0.25) is 0 Å². The Kier molecular flexibility index (Phi) is 3.73. The van der Waals surface area contributed by atoms with E-state index in [0.29, 0.717) is 5.56 Å². The van der Waals surface area contributed by atoms with Gasteiger partial charge in [-0.25, -0.2) is 4.39 Å². The number of halogens is 2. The first-order valence-corrected chi connectivity index (χ1v) is 6.74. The predicted molar refractivity (Wildman–Crippen MR) is 79.0 cm³/mol. The molecule has 0 saturated carbocycles. The summed E-state index contributed by atoms with van der Waals surface area (Å²) in [5.41, 5.74) is 1.05. The molecule has 1 unspecified atom stereocenters. The third kappa shape index (κ3) is 2.57. The number of hydrogen-bond donors (Lipinski definition) is 1. The van der Waals surface area contributed by atoms with E-state index in [1.165, 1.54) is 12.1 Å². The average Bonchev–Trinajstić information content (AvgIpc) is 2.32. The monoisotopic (exact) mass is 356 g/mol. The lowest BCUT2D eigenvalue weighted by molar-refractivity contribution is 0.101. The van der Waals surface area contributed by atoms with Crippen LogP contribution in [0.4, 0.5) is 4.39 Å². The lowest BCUT2D eigenvalue weighted by Gasteiger charge is -2.26. The first-order valence-electron chi connectivity index (χ1n) is 5.66. The molecule has 1 N–H and O–H groups in total. The highest BCUT2D eigenvalue weighted by molar-refractivity contribution is 14.1. The maximum Gasteiger partial charge on any atom is 0.123 e. The molecule has 94 valence electrons. The molecule has 0 heterocycles. The fourth-order valence-corrected chi connectivity index (χ4v) is 2.41. The molecular formula is C15H14FIO. The van der Waals surface area contributed by atoms with E-state index in [-0.39, 0.29) is 5.82 Å². The molecule has 0 saturated heterocycles. The molecule has 0 aliphatic rings. The number of aryl methyl sites for hydroxylation is 1. The maximum absolute atomic E-state index is 13.3. The second-order valence-electron chi connectivity index (χ2n) is 4.54. The van der Waals surface area contributed by atoms with Gasteiger partial charge in [0.05, 0.1) is 0 Å². The number of hydrogen-bond acceptors (Lipinski definition) is 1. The Hall–Kier alpha value is -0.940. The van der Waals surface area contributed by atoms with Gasteiger partial charge in [0, 0.05) is 3.57 Å². The Morgan fingerprint density at radius 3 is 2.33 bits per heavy atom. The van der Waals surface area contributed by atoms with E-state index < -0.39 is 5.60 Å². The highest BCUT2D eigenvalue weighted by Crippen LogP contribution is 2.32. The molecular weight excluding hydrogens is 342 g/mol. The van der Waals surface area contributed by atoms with Crippen LogP contribution in [-0.2, 0) is 5.60 Å². The molecule has 1 atom stereocenters. The van der Waals surface area contributed by atoms with Gasteiger partial charge in [0.1, 0.15) is 11.4 Å². The highest BCUT2D eigenvalue weighted by Gasteiger charge is 2.27. The molecule has 0 aliphatic heterocycles. The van der Waals surface area contributed by atoms with Crippen LogP contribution >= 0.6 is 22.6 Å². The van der Waals surface area contributed by atoms with Gasteiger partial charge in [0.2, 0.25) is 0 Å². The van der Waals surface area contributed by atoms with Crippen LogP contribution in [0.5, 0.6) is 0 Å². The Bertz CT molecular complexity index is 561. The minimum absolute atomic E-state index is 0.332. The second kappa shape index (κ2) is 4.97. The predicted octanol–water partition coefficient (Wildman–Crippen LogP) is 3.99.